The Morgan fingerprint density at radius 2 is 1.77 bits per heavy atom. The van der Waals surface area contributed by atoms with E-state index in [4.69, 9.17) is 4.74 Å². The molecule has 1 aliphatic heterocycles. The molecule has 2 heterocycles. The summed E-state index contributed by atoms with van der Waals surface area (Å²) < 4.78 is 5.85. The van der Waals surface area contributed by atoms with Crippen LogP contribution in [0.25, 0.3) is 16.8 Å². The third-order valence-electron chi connectivity index (χ3n) is 7.08. The van der Waals surface area contributed by atoms with Gasteiger partial charge in [0.1, 0.15) is 11.5 Å². The summed E-state index contributed by atoms with van der Waals surface area (Å²) in [7, 11) is 0. The van der Waals surface area contributed by atoms with Crippen LogP contribution in [-0.4, -0.2) is 33.4 Å². The summed E-state index contributed by atoms with van der Waals surface area (Å²) in [5.74, 6) is -0.632. The molecule has 1 aromatic heterocycles. The van der Waals surface area contributed by atoms with E-state index in [2.05, 4.69) is 44.6 Å². The molecule has 0 spiro atoms. The number of carbonyl (C=O) groups excluding carboxylic acids is 2. The summed E-state index contributed by atoms with van der Waals surface area (Å²) in [6.07, 6.45) is 0. The molecule has 1 fully saturated rings. The predicted molar refractivity (Wildman–Crippen MR) is 158 cm³/mol. The van der Waals surface area contributed by atoms with E-state index in [1.54, 1.807) is 24.3 Å². The van der Waals surface area contributed by atoms with Gasteiger partial charge in [0, 0.05) is 5.56 Å². The van der Waals surface area contributed by atoms with Crippen LogP contribution in [0.5, 0.6) is 5.75 Å². The van der Waals surface area contributed by atoms with Crippen LogP contribution >= 0.6 is 0 Å². The van der Waals surface area contributed by atoms with Gasteiger partial charge in [0.25, 0.3) is 5.78 Å². The van der Waals surface area contributed by atoms with Crippen molar-refractivity contribution in [3.05, 3.63) is 94.6 Å². The van der Waals surface area contributed by atoms with Gasteiger partial charge < -0.3 is 14.8 Å². The molecule has 206 valence electrons. The molecule has 2 N–H and O–H groups in total. The molecule has 1 amide bonds. The van der Waals surface area contributed by atoms with Crippen LogP contribution in [0.15, 0.2) is 72.3 Å². The maximum Gasteiger partial charge on any atom is 0.302 e. The minimum absolute atomic E-state index is 0.00570. The van der Waals surface area contributed by atoms with Gasteiger partial charge in [-0.1, -0.05) is 77.1 Å². The average molecular weight is 538 g/mol. The van der Waals surface area contributed by atoms with E-state index >= 15 is 0 Å². The number of aromatic amines is 1. The first-order valence-electron chi connectivity index (χ1n) is 13.5. The number of hydrogen-bond donors (Lipinski definition) is 2. The highest BCUT2D eigenvalue weighted by molar-refractivity contribution is 6.51. The zero-order valence-corrected chi connectivity index (χ0v) is 23.8. The summed E-state index contributed by atoms with van der Waals surface area (Å²) >= 11 is 0. The maximum absolute atomic E-state index is 13.6. The number of rotatable bonds is 6. The summed E-state index contributed by atoms with van der Waals surface area (Å²) in [6, 6.07) is 19.6. The Morgan fingerprint density at radius 1 is 1.05 bits per heavy atom. The van der Waals surface area contributed by atoms with Crippen molar-refractivity contribution in [3.63, 3.8) is 0 Å². The van der Waals surface area contributed by atoms with Crippen molar-refractivity contribution in [2.45, 2.75) is 53.0 Å². The number of aliphatic hydroxyl groups excluding tert-OH is 1. The number of hydrogen-bond acceptors (Lipinski definition) is 5. The van der Waals surface area contributed by atoms with E-state index in [1.807, 2.05) is 49.4 Å². The number of nitrogens with one attached hydrogen (secondary N) is 1. The van der Waals surface area contributed by atoms with E-state index in [0.717, 1.165) is 16.6 Å². The van der Waals surface area contributed by atoms with Crippen LogP contribution in [0.2, 0.25) is 0 Å². The number of carbonyl (C=O) groups is 2. The normalized spacial score (nSPS) is 17.3. The van der Waals surface area contributed by atoms with Gasteiger partial charge in [-0.2, -0.15) is 0 Å². The second kappa shape index (κ2) is 10.3. The summed E-state index contributed by atoms with van der Waals surface area (Å²) in [5.41, 5.74) is 4.61. The number of amides is 1. The number of Topliss-reactive ketones (excluding diaryl/α,β-unsaturated/α-hetero) is 1. The first-order chi connectivity index (χ1) is 18.9. The van der Waals surface area contributed by atoms with Gasteiger partial charge in [-0.15, -0.1) is 0 Å². The van der Waals surface area contributed by atoms with Crippen LogP contribution in [0.1, 0.15) is 62.9 Å². The Bertz CT molecular complexity index is 1620. The van der Waals surface area contributed by atoms with Gasteiger partial charge in [0.2, 0.25) is 5.95 Å². The van der Waals surface area contributed by atoms with Crippen molar-refractivity contribution in [1.29, 1.82) is 0 Å². The molecule has 0 bridgehead atoms. The van der Waals surface area contributed by atoms with Crippen molar-refractivity contribution in [1.82, 2.24) is 9.97 Å². The van der Waals surface area contributed by atoms with Gasteiger partial charge in [-0.25, -0.2) is 4.98 Å². The second-order valence-corrected chi connectivity index (χ2v) is 11.9. The molecule has 1 aliphatic rings. The third-order valence-corrected chi connectivity index (χ3v) is 7.08. The van der Waals surface area contributed by atoms with Gasteiger partial charge in [0.05, 0.1) is 29.3 Å². The lowest BCUT2D eigenvalue weighted by Gasteiger charge is -2.25. The van der Waals surface area contributed by atoms with Crippen LogP contribution in [0.3, 0.4) is 0 Å². The minimum Gasteiger partial charge on any atom is -0.507 e. The molecule has 0 saturated carbocycles. The number of aliphatic hydroxyl groups is 1. The Labute approximate surface area is 234 Å². The first kappa shape index (κ1) is 27.2. The van der Waals surface area contributed by atoms with E-state index < -0.39 is 17.7 Å². The van der Waals surface area contributed by atoms with Crippen molar-refractivity contribution in [2.24, 2.45) is 5.92 Å². The van der Waals surface area contributed by atoms with Gasteiger partial charge >= 0.3 is 5.91 Å². The Kier molecular flexibility index (Phi) is 7.00. The van der Waals surface area contributed by atoms with Crippen molar-refractivity contribution < 1.29 is 19.4 Å². The number of ether oxygens (including phenoxy) is 1. The number of aromatic nitrogens is 2. The highest BCUT2D eigenvalue weighted by atomic mass is 16.5. The lowest BCUT2D eigenvalue weighted by molar-refractivity contribution is -0.132. The Balaban J connectivity index is 1.67. The fourth-order valence-electron chi connectivity index (χ4n) is 4.91. The lowest BCUT2D eigenvalue weighted by Crippen LogP contribution is -2.30. The van der Waals surface area contributed by atoms with Crippen LogP contribution in [0.4, 0.5) is 5.95 Å². The van der Waals surface area contributed by atoms with Gasteiger partial charge in [0.15, 0.2) is 0 Å². The number of anilines is 1. The van der Waals surface area contributed by atoms with Crippen molar-refractivity contribution in [2.75, 3.05) is 11.5 Å². The number of imidazole rings is 1. The number of H-pyrrole nitrogens is 1. The fourth-order valence-corrected chi connectivity index (χ4v) is 4.91. The molecule has 0 aliphatic carbocycles. The molecule has 1 saturated heterocycles. The summed E-state index contributed by atoms with van der Waals surface area (Å²) in [4.78, 5) is 36.4. The molecule has 7 heteroatoms. The SMILES string of the molecule is Cc1ccc2nc(N3C(=O)C(=O)/C(=C(/O)c4cccc(OCC(C)C)c4)C3c3ccc(C(C)(C)C)cc3)[nH]c2c1. The fraction of sp³-hybridized carbons (Fsp3) is 0.303. The zero-order chi connectivity index (χ0) is 28.8. The second-order valence-electron chi connectivity index (χ2n) is 11.9. The number of aryl methyl sites for hydroxylation is 1. The smallest absolute Gasteiger partial charge is 0.302 e. The average Bonchev–Trinajstić information content (AvgIpc) is 3.44. The minimum atomic E-state index is -0.879. The van der Waals surface area contributed by atoms with Gasteiger partial charge in [-0.3, -0.25) is 14.5 Å². The quantitative estimate of drug-likeness (QED) is 0.160. The summed E-state index contributed by atoms with van der Waals surface area (Å²) in [6.45, 7) is 13.0. The third kappa shape index (κ3) is 5.11. The highest BCUT2D eigenvalue weighted by Gasteiger charge is 2.48. The molecule has 3 aromatic carbocycles. The van der Waals surface area contributed by atoms with Gasteiger partial charge in [-0.05, 0) is 59.2 Å². The molecule has 4 aromatic rings. The number of ketones is 1. The molecular weight excluding hydrogens is 502 g/mol. The molecule has 0 radical (unpaired) electrons. The van der Waals surface area contributed by atoms with E-state index in [9.17, 15) is 14.7 Å². The maximum atomic E-state index is 13.6. The van der Waals surface area contributed by atoms with E-state index in [1.165, 1.54) is 4.90 Å². The van der Waals surface area contributed by atoms with Crippen molar-refractivity contribution in [3.8, 4) is 5.75 Å². The topological polar surface area (TPSA) is 95.5 Å². The van der Waals surface area contributed by atoms with E-state index in [0.29, 0.717) is 34.9 Å². The highest BCUT2D eigenvalue weighted by Crippen LogP contribution is 2.42. The summed E-state index contributed by atoms with van der Waals surface area (Å²) in [5, 5.41) is 11.6. The molecule has 1 atom stereocenters. The van der Waals surface area contributed by atoms with Crippen LogP contribution in [-0.2, 0) is 15.0 Å². The standard InChI is InChI=1S/C33H35N3O4/c1-19(2)18-40-24-9-7-8-22(17-24)29(37)27-28(21-11-13-23(14-12-21)33(4,5)6)36(31(39)30(27)38)32-34-25-15-10-20(3)16-26(25)35-32/h7-17,19,28,37H,18H2,1-6H3,(H,34,35)/b29-27+. The number of fused-ring (bicyclic) bond motifs is 1. The van der Waals surface area contributed by atoms with E-state index in [-0.39, 0.29) is 22.7 Å². The van der Waals surface area contributed by atoms with Crippen molar-refractivity contribution >= 4 is 34.4 Å². The molecular formula is C33H35N3O4. The molecule has 1 unspecified atom stereocenters. The first-order valence-corrected chi connectivity index (χ1v) is 13.5. The Morgan fingerprint density at radius 3 is 2.45 bits per heavy atom. The zero-order valence-electron chi connectivity index (χ0n) is 23.8. The van der Waals surface area contributed by atoms with Crippen LogP contribution in [0, 0.1) is 12.8 Å². The predicted octanol–water partition coefficient (Wildman–Crippen LogP) is 6.83. The largest absolute Gasteiger partial charge is 0.507 e. The number of nitrogens with zero attached hydrogens (tertiary/aromatic N) is 2. The van der Waals surface area contributed by atoms with Crippen LogP contribution < -0.4 is 9.64 Å². The monoisotopic (exact) mass is 537 g/mol. The Hall–Kier alpha value is -4.39. The molecule has 7 nitrogen and oxygen atoms in total. The lowest BCUT2D eigenvalue weighted by atomic mass is 9.85. The molecule has 5 rings (SSSR count). The molecule has 40 heavy (non-hydrogen) atoms. The number of benzene rings is 3.